The highest BCUT2D eigenvalue weighted by atomic mass is 35.5. The van der Waals surface area contributed by atoms with Gasteiger partial charge in [0.15, 0.2) is 5.72 Å². The van der Waals surface area contributed by atoms with Gasteiger partial charge in [-0.05, 0) is 6.92 Å². The number of nitrogens with zero attached hydrogens (tertiary/aromatic N) is 3. The van der Waals surface area contributed by atoms with E-state index in [4.69, 9.17) is 28.3 Å². The van der Waals surface area contributed by atoms with Crippen LogP contribution in [0, 0.1) is 0 Å². The lowest BCUT2D eigenvalue weighted by atomic mass is 10.4. The number of rotatable bonds is 1. The Morgan fingerprint density at radius 2 is 1.53 bits per heavy atom. The molecule has 0 spiro atoms. The fourth-order valence-corrected chi connectivity index (χ4v) is 1.48. The van der Waals surface area contributed by atoms with Crippen molar-refractivity contribution >= 4 is 23.6 Å². The summed E-state index contributed by atoms with van der Waals surface area (Å²) >= 11 is 10.7. The topological polar surface area (TPSA) is 78.5 Å². The Morgan fingerprint density at radius 3 is 1.87 bits per heavy atom. The van der Waals surface area contributed by atoms with E-state index in [9.17, 15) is 14.4 Å². The highest BCUT2D eigenvalue weighted by Gasteiger charge is 2.45. The van der Waals surface area contributed by atoms with E-state index in [2.05, 4.69) is 0 Å². The van der Waals surface area contributed by atoms with E-state index in [0.29, 0.717) is 4.57 Å². The molecule has 1 aliphatic rings. The SMILES string of the molecule is CC1(n2c(=O)n(Cl)c(=O)n(Cl)c2=O)CO1. The van der Waals surface area contributed by atoms with Gasteiger partial charge in [0.25, 0.3) is 0 Å². The molecule has 1 saturated heterocycles. The molecule has 2 rings (SSSR count). The molecule has 1 atom stereocenters. The molecule has 0 saturated carbocycles. The fraction of sp³-hybridized carbons (Fsp3) is 0.500. The molecule has 1 fully saturated rings. The van der Waals surface area contributed by atoms with E-state index in [-0.39, 0.29) is 14.8 Å². The highest BCUT2D eigenvalue weighted by Crippen LogP contribution is 2.28. The van der Waals surface area contributed by atoms with Gasteiger partial charge in [0.1, 0.15) is 0 Å². The van der Waals surface area contributed by atoms with Crippen LogP contribution in [0.25, 0.3) is 0 Å². The second kappa shape index (κ2) is 2.97. The first-order valence-corrected chi connectivity index (χ1v) is 4.54. The molecule has 1 unspecified atom stereocenters. The molecule has 0 aromatic carbocycles. The van der Waals surface area contributed by atoms with E-state index in [1.807, 2.05) is 0 Å². The second-order valence-electron chi connectivity index (χ2n) is 3.21. The van der Waals surface area contributed by atoms with Crippen molar-refractivity contribution in [1.82, 2.24) is 12.7 Å². The number of hydrogen-bond donors (Lipinski definition) is 0. The van der Waals surface area contributed by atoms with Crippen molar-refractivity contribution in [3.63, 3.8) is 0 Å². The molecule has 0 bridgehead atoms. The maximum Gasteiger partial charge on any atom is 0.366 e. The van der Waals surface area contributed by atoms with E-state index in [1.165, 1.54) is 6.92 Å². The molecule has 2 heterocycles. The smallest absolute Gasteiger partial charge is 0.348 e. The van der Waals surface area contributed by atoms with Gasteiger partial charge in [-0.3, -0.25) is 0 Å². The summed E-state index contributed by atoms with van der Waals surface area (Å²) in [5.74, 6) is 0. The average Bonchev–Trinajstić information content (AvgIpc) is 2.91. The Morgan fingerprint density at radius 1 is 1.13 bits per heavy atom. The number of ether oxygens (including phenoxy) is 1. The summed E-state index contributed by atoms with van der Waals surface area (Å²) in [7, 11) is 0. The third-order valence-corrected chi connectivity index (χ3v) is 2.67. The first-order chi connectivity index (χ1) is 6.88. The predicted molar refractivity (Wildman–Crippen MR) is 51.3 cm³/mol. The molecule has 0 N–H and O–H groups in total. The summed E-state index contributed by atoms with van der Waals surface area (Å²) in [4.78, 5) is 34.1. The van der Waals surface area contributed by atoms with Crippen LogP contribution in [-0.4, -0.2) is 19.3 Å². The van der Waals surface area contributed by atoms with Gasteiger partial charge in [-0.2, -0.15) is 0 Å². The average molecular weight is 254 g/mol. The van der Waals surface area contributed by atoms with Crippen molar-refractivity contribution in [2.45, 2.75) is 12.6 Å². The van der Waals surface area contributed by atoms with Crippen LogP contribution in [0.2, 0.25) is 0 Å². The van der Waals surface area contributed by atoms with E-state index in [1.54, 1.807) is 0 Å². The molecule has 1 aliphatic heterocycles. The lowest BCUT2D eigenvalue weighted by Gasteiger charge is -2.09. The molecule has 0 aliphatic carbocycles. The minimum absolute atomic E-state index is 0.189. The molecular formula is C6H5Cl2N3O4. The van der Waals surface area contributed by atoms with E-state index >= 15 is 0 Å². The Hall–Kier alpha value is -1.05. The molecule has 15 heavy (non-hydrogen) atoms. The summed E-state index contributed by atoms with van der Waals surface area (Å²) < 4.78 is 6.05. The van der Waals surface area contributed by atoms with Crippen LogP contribution in [0.15, 0.2) is 14.4 Å². The van der Waals surface area contributed by atoms with Crippen LogP contribution in [-0.2, 0) is 10.5 Å². The molecule has 1 aromatic rings. The summed E-state index contributed by atoms with van der Waals surface area (Å²) in [5.41, 5.74) is -4.10. The van der Waals surface area contributed by atoms with Gasteiger partial charge in [-0.1, -0.05) is 0 Å². The molecule has 0 radical (unpaired) electrons. The quantitative estimate of drug-likeness (QED) is 0.594. The maximum absolute atomic E-state index is 11.5. The predicted octanol–water partition coefficient (Wildman–Crippen LogP) is -1.12. The molecule has 82 valence electrons. The summed E-state index contributed by atoms with van der Waals surface area (Å²) in [5, 5.41) is 0. The lowest BCUT2D eigenvalue weighted by molar-refractivity contribution is 0.227. The van der Waals surface area contributed by atoms with Crippen molar-refractivity contribution in [3.05, 3.63) is 31.5 Å². The van der Waals surface area contributed by atoms with Crippen molar-refractivity contribution in [1.29, 1.82) is 0 Å². The van der Waals surface area contributed by atoms with Crippen LogP contribution in [0.4, 0.5) is 0 Å². The summed E-state index contributed by atoms with van der Waals surface area (Å²) in [6.07, 6.45) is 0. The van der Waals surface area contributed by atoms with Gasteiger partial charge < -0.3 is 4.74 Å². The number of hydrogen-bond acceptors (Lipinski definition) is 4. The monoisotopic (exact) mass is 253 g/mol. The first-order valence-electron chi connectivity index (χ1n) is 3.86. The summed E-state index contributed by atoms with van der Waals surface area (Å²) in [6, 6.07) is 0. The number of aromatic nitrogens is 3. The zero-order valence-corrected chi connectivity index (χ0v) is 8.95. The molecular weight excluding hydrogens is 249 g/mol. The number of epoxide rings is 1. The maximum atomic E-state index is 11.5. The van der Waals surface area contributed by atoms with Gasteiger partial charge in [-0.25, -0.2) is 19.0 Å². The Bertz CT molecular complexity index is 554. The van der Waals surface area contributed by atoms with E-state index in [0.717, 1.165) is 0 Å². The normalized spacial score (nSPS) is 24.2. The molecule has 0 amide bonds. The van der Waals surface area contributed by atoms with Gasteiger partial charge in [0, 0.05) is 23.6 Å². The van der Waals surface area contributed by atoms with Crippen LogP contribution >= 0.6 is 23.6 Å². The van der Waals surface area contributed by atoms with Gasteiger partial charge in [-0.15, -0.1) is 8.17 Å². The van der Waals surface area contributed by atoms with Gasteiger partial charge in [0.05, 0.1) is 6.61 Å². The second-order valence-corrected chi connectivity index (χ2v) is 3.88. The Kier molecular flexibility index (Phi) is 2.07. The molecule has 9 heteroatoms. The summed E-state index contributed by atoms with van der Waals surface area (Å²) in [6.45, 7) is 1.70. The fourth-order valence-electron chi connectivity index (χ4n) is 1.14. The lowest BCUT2D eigenvalue weighted by Crippen LogP contribution is -2.53. The third-order valence-electron chi connectivity index (χ3n) is 2.09. The Balaban J connectivity index is 2.94. The zero-order chi connectivity index (χ0) is 11.4. The molecule has 7 nitrogen and oxygen atoms in total. The largest absolute Gasteiger partial charge is 0.366 e. The minimum Gasteiger partial charge on any atom is -0.348 e. The van der Waals surface area contributed by atoms with Crippen molar-refractivity contribution in [2.24, 2.45) is 0 Å². The van der Waals surface area contributed by atoms with E-state index < -0.39 is 22.8 Å². The first kappa shape index (κ1) is 10.5. The van der Waals surface area contributed by atoms with Crippen molar-refractivity contribution in [2.75, 3.05) is 6.61 Å². The van der Waals surface area contributed by atoms with Crippen LogP contribution in [0.3, 0.4) is 0 Å². The third kappa shape index (κ3) is 1.35. The highest BCUT2D eigenvalue weighted by molar-refractivity contribution is 6.17. The van der Waals surface area contributed by atoms with Gasteiger partial charge >= 0.3 is 17.1 Å². The van der Waals surface area contributed by atoms with Crippen molar-refractivity contribution in [3.8, 4) is 0 Å². The zero-order valence-electron chi connectivity index (χ0n) is 7.44. The van der Waals surface area contributed by atoms with Gasteiger partial charge in [0.2, 0.25) is 0 Å². The minimum atomic E-state index is -1.10. The van der Waals surface area contributed by atoms with Crippen LogP contribution in [0.1, 0.15) is 6.92 Å². The Labute approximate surface area is 92.2 Å². The van der Waals surface area contributed by atoms with Crippen molar-refractivity contribution < 1.29 is 4.74 Å². The van der Waals surface area contributed by atoms with Crippen LogP contribution < -0.4 is 17.1 Å². The number of halogens is 2. The van der Waals surface area contributed by atoms with Crippen LogP contribution in [0.5, 0.6) is 0 Å². The molecule has 1 aromatic heterocycles. The standard InChI is InChI=1S/C6H5Cl2N3O4/c1-6(2-15-6)9-3(12)10(7)5(14)11(8)4(9)13/h2H2,1H3.